The first kappa shape index (κ1) is 9.51. The Morgan fingerprint density at radius 2 is 2.13 bits per heavy atom. The zero-order valence-corrected chi connectivity index (χ0v) is 8.29. The average Bonchev–Trinajstić information content (AvgIpc) is 2.65. The molecule has 0 N–H and O–H groups in total. The lowest BCUT2D eigenvalue weighted by atomic mass is 10.1. The Bertz CT molecular complexity index is 463. The molecule has 0 unspecified atom stereocenters. The Labute approximate surface area is 86.8 Å². The van der Waals surface area contributed by atoms with Crippen LogP contribution in [0.1, 0.15) is 16.1 Å². The van der Waals surface area contributed by atoms with Crippen molar-refractivity contribution in [3.8, 4) is 0 Å². The summed E-state index contributed by atoms with van der Waals surface area (Å²) in [6, 6.07) is 3.39. The highest BCUT2D eigenvalue weighted by Gasteiger charge is 2.08. The van der Waals surface area contributed by atoms with Gasteiger partial charge in [0.05, 0.1) is 12.1 Å². The Kier molecular flexibility index (Phi) is 2.53. The fourth-order valence-corrected chi connectivity index (χ4v) is 1.28. The second kappa shape index (κ2) is 4.00. The van der Waals surface area contributed by atoms with Crippen LogP contribution in [0, 0.1) is 0 Å². The smallest absolute Gasteiger partial charge is 0.169 e. The molecule has 0 fully saturated rings. The number of carbonyl (C=O) groups is 1. The quantitative estimate of drug-likeness (QED) is 0.685. The van der Waals surface area contributed by atoms with Gasteiger partial charge in [-0.2, -0.15) is 0 Å². The molecule has 0 aliphatic rings. The van der Waals surface area contributed by atoms with E-state index in [1.165, 1.54) is 0 Å². The molecule has 0 amide bonds. The predicted octanol–water partition coefficient (Wildman–Crippen LogP) is 0.635. The molecule has 2 aromatic rings. The van der Waals surface area contributed by atoms with Crippen LogP contribution in [0.3, 0.4) is 0 Å². The standard InChI is InChI=1S/C10H10N4O/c1-14-7-9(12-13-14)6-10(15)8-2-4-11-5-3-8/h2-5,7H,6H2,1H3. The molecule has 0 radical (unpaired) electrons. The minimum absolute atomic E-state index is 0.0258. The van der Waals surface area contributed by atoms with E-state index in [1.54, 1.807) is 42.5 Å². The Morgan fingerprint density at radius 3 is 2.73 bits per heavy atom. The summed E-state index contributed by atoms with van der Waals surface area (Å²) in [4.78, 5) is 15.6. The molecule has 2 heterocycles. The van der Waals surface area contributed by atoms with Gasteiger partial charge in [0.2, 0.25) is 0 Å². The lowest BCUT2D eigenvalue weighted by Crippen LogP contribution is -2.03. The monoisotopic (exact) mass is 202 g/mol. The molecule has 0 saturated carbocycles. The molecular formula is C10H10N4O. The fourth-order valence-electron chi connectivity index (χ4n) is 1.28. The van der Waals surface area contributed by atoms with Crippen molar-refractivity contribution < 1.29 is 4.79 Å². The van der Waals surface area contributed by atoms with E-state index in [-0.39, 0.29) is 12.2 Å². The summed E-state index contributed by atoms with van der Waals surface area (Å²) >= 11 is 0. The van der Waals surface area contributed by atoms with Gasteiger partial charge >= 0.3 is 0 Å². The Hall–Kier alpha value is -2.04. The Morgan fingerprint density at radius 1 is 1.40 bits per heavy atom. The minimum Gasteiger partial charge on any atom is -0.294 e. The largest absolute Gasteiger partial charge is 0.294 e. The van der Waals surface area contributed by atoms with Crippen LogP contribution >= 0.6 is 0 Å². The van der Waals surface area contributed by atoms with Crippen LogP contribution in [0.15, 0.2) is 30.7 Å². The van der Waals surface area contributed by atoms with Gasteiger partial charge in [-0.25, -0.2) is 0 Å². The van der Waals surface area contributed by atoms with Gasteiger partial charge in [0.25, 0.3) is 0 Å². The van der Waals surface area contributed by atoms with Crippen molar-refractivity contribution in [2.75, 3.05) is 0 Å². The summed E-state index contributed by atoms with van der Waals surface area (Å²) in [7, 11) is 1.77. The maximum absolute atomic E-state index is 11.7. The van der Waals surface area contributed by atoms with Crippen LogP contribution in [-0.4, -0.2) is 25.8 Å². The van der Waals surface area contributed by atoms with E-state index in [0.29, 0.717) is 11.3 Å². The second-order valence-corrected chi connectivity index (χ2v) is 3.22. The van der Waals surface area contributed by atoms with E-state index in [9.17, 15) is 4.79 Å². The Balaban J connectivity index is 2.11. The van der Waals surface area contributed by atoms with Gasteiger partial charge < -0.3 is 0 Å². The predicted molar refractivity (Wildman–Crippen MR) is 53.3 cm³/mol. The molecule has 0 aliphatic heterocycles. The molecule has 76 valence electrons. The van der Waals surface area contributed by atoms with Crippen LogP contribution in [0.25, 0.3) is 0 Å². The van der Waals surface area contributed by atoms with Gasteiger partial charge in [0.15, 0.2) is 5.78 Å². The van der Waals surface area contributed by atoms with Gasteiger partial charge in [-0.3, -0.25) is 14.5 Å². The van der Waals surface area contributed by atoms with Crippen LogP contribution in [-0.2, 0) is 13.5 Å². The summed E-state index contributed by atoms with van der Waals surface area (Å²) < 4.78 is 1.58. The van der Waals surface area contributed by atoms with Gasteiger partial charge in [-0.05, 0) is 12.1 Å². The molecule has 0 spiro atoms. The topological polar surface area (TPSA) is 60.7 Å². The van der Waals surface area contributed by atoms with Crippen molar-refractivity contribution >= 4 is 5.78 Å². The normalized spacial score (nSPS) is 10.2. The van der Waals surface area contributed by atoms with Crippen molar-refractivity contribution in [2.45, 2.75) is 6.42 Å². The van der Waals surface area contributed by atoms with E-state index in [2.05, 4.69) is 15.3 Å². The van der Waals surface area contributed by atoms with Gasteiger partial charge in [-0.1, -0.05) is 5.21 Å². The van der Waals surface area contributed by atoms with Crippen molar-refractivity contribution in [3.63, 3.8) is 0 Å². The van der Waals surface area contributed by atoms with Gasteiger partial charge in [0.1, 0.15) is 0 Å². The summed E-state index contributed by atoms with van der Waals surface area (Å²) in [5, 5.41) is 7.62. The number of ketones is 1. The number of aryl methyl sites for hydroxylation is 1. The fraction of sp³-hybridized carbons (Fsp3) is 0.200. The summed E-state index contributed by atoms with van der Waals surface area (Å²) in [6.07, 6.45) is 5.21. The van der Waals surface area contributed by atoms with E-state index in [4.69, 9.17) is 0 Å². The van der Waals surface area contributed by atoms with Crippen molar-refractivity contribution in [3.05, 3.63) is 42.0 Å². The summed E-state index contributed by atoms with van der Waals surface area (Å²) in [5.74, 6) is 0.0258. The highest BCUT2D eigenvalue weighted by Crippen LogP contribution is 2.03. The van der Waals surface area contributed by atoms with Crippen LogP contribution in [0.4, 0.5) is 0 Å². The van der Waals surface area contributed by atoms with Gasteiger partial charge in [0, 0.05) is 31.2 Å². The number of aromatic nitrogens is 4. The third kappa shape index (κ3) is 2.25. The number of hydrogen-bond donors (Lipinski definition) is 0. The molecule has 5 nitrogen and oxygen atoms in total. The van der Waals surface area contributed by atoms with Crippen LogP contribution < -0.4 is 0 Å². The first-order valence-electron chi connectivity index (χ1n) is 4.54. The number of rotatable bonds is 3. The van der Waals surface area contributed by atoms with Crippen LogP contribution in [0.2, 0.25) is 0 Å². The number of pyridine rings is 1. The highest BCUT2D eigenvalue weighted by atomic mass is 16.1. The molecule has 0 aromatic carbocycles. The molecule has 0 bridgehead atoms. The van der Waals surface area contributed by atoms with Crippen molar-refractivity contribution in [1.29, 1.82) is 0 Å². The number of nitrogens with zero attached hydrogens (tertiary/aromatic N) is 4. The summed E-state index contributed by atoms with van der Waals surface area (Å²) in [6.45, 7) is 0. The van der Waals surface area contributed by atoms with E-state index in [1.807, 2.05) is 0 Å². The summed E-state index contributed by atoms with van der Waals surface area (Å²) in [5.41, 5.74) is 1.33. The van der Waals surface area contributed by atoms with Crippen molar-refractivity contribution in [1.82, 2.24) is 20.0 Å². The lowest BCUT2D eigenvalue weighted by Gasteiger charge is -1.96. The minimum atomic E-state index is 0.0258. The molecule has 0 atom stereocenters. The zero-order chi connectivity index (χ0) is 10.7. The van der Waals surface area contributed by atoms with Crippen molar-refractivity contribution in [2.24, 2.45) is 7.05 Å². The maximum Gasteiger partial charge on any atom is 0.169 e. The number of hydrogen-bond acceptors (Lipinski definition) is 4. The number of Topliss-reactive ketones (excluding diaryl/α,β-unsaturated/α-hetero) is 1. The molecule has 5 heteroatoms. The molecule has 2 aromatic heterocycles. The van der Waals surface area contributed by atoms with Gasteiger partial charge in [-0.15, -0.1) is 5.10 Å². The van der Waals surface area contributed by atoms with E-state index in [0.717, 1.165) is 0 Å². The molecule has 15 heavy (non-hydrogen) atoms. The molecular weight excluding hydrogens is 192 g/mol. The molecule has 0 aliphatic carbocycles. The zero-order valence-electron chi connectivity index (χ0n) is 8.29. The van der Waals surface area contributed by atoms with E-state index < -0.39 is 0 Å². The first-order chi connectivity index (χ1) is 7.25. The molecule has 0 saturated heterocycles. The lowest BCUT2D eigenvalue weighted by molar-refractivity contribution is 0.0992. The number of carbonyl (C=O) groups excluding carboxylic acids is 1. The first-order valence-corrected chi connectivity index (χ1v) is 4.54. The average molecular weight is 202 g/mol. The van der Waals surface area contributed by atoms with Crippen LogP contribution in [0.5, 0.6) is 0 Å². The SMILES string of the molecule is Cn1cc(CC(=O)c2ccncc2)nn1. The highest BCUT2D eigenvalue weighted by molar-refractivity contribution is 5.97. The third-order valence-corrected chi connectivity index (χ3v) is 1.99. The third-order valence-electron chi connectivity index (χ3n) is 1.99. The maximum atomic E-state index is 11.7. The van der Waals surface area contributed by atoms with E-state index >= 15 is 0 Å². The second-order valence-electron chi connectivity index (χ2n) is 3.22. The molecule has 2 rings (SSSR count).